The van der Waals surface area contributed by atoms with Gasteiger partial charge in [-0.1, -0.05) is 0 Å². The molecule has 3 heterocycles. The van der Waals surface area contributed by atoms with E-state index in [1.807, 2.05) is 0 Å². The van der Waals surface area contributed by atoms with Gasteiger partial charge in [0.1, 0.15) is 73.1 Å². The molecule has 3 aliphatic heterocycles. The molecule has 0 aromatic carbocycles. The molecule has 0 aromatic heterocycles. The summed E-state index contributed by atoms with van der Waals surface area (Å²) in [6.07, 6.45) is -21.4. The van der Waals surface area contributed by atoms with Crippen LogP contribution in [0.15, 0.2) is 0 Å². The quantitative estimate of drug-likeness (QED) is 0.120. The average molecular weight is 587 g/mol. The summed E-state index contributed by atoms with van der Waals surface area (Å²) in [4.78, 5) is 23.9. The van der Waals surface area contributed by atoms with Gasteiger partial charge in [-0.05, 0) is 0 Å². The van der Waals surface area contributed by atoms with Crippen LogP contribution in [0.1, 0.15) is 13.8 Å². The Morgan fingerprint density at radius 2 is 1.02 bits per heavy atom. The van der Waals surface area contributed by atoms with Crippen LogP contribution in [0.2, 0.25) is 0 Å². The van der Waals surface area contributed by atoms with Crippen molar-refractivity contribution in [1.29, 1.82) is 0 Å². The Morgan fingerprint density at radius 1 is 0.600 bits per heavy atom. The number of nitrogens with one attached hydrogen (secondary N) is 2. The summed E-state index contributed by atoms with van der Waals surface area (Å²) in [6, 6.07) is -2.90. The van der Waals surface area contributed by atoms with E-state index >= 15 is 0 Å². The van der Waals surface area contributed by atoms with Gasteiger partial charge in [-0.15, -0.1) is 0 Å². The van der Waals surface area contributed by atoms with Gasteiger partial charge in [0.25, 0.3) is 0 Å². The van der Waals surface area contributed by atoms with Crippen molar-refractivity contribution >= 4 is 11.8 Å². The number of ether oxygens (including phenoxy) is 5. The van der Waals surface area contributed by atoms with Crippen LogP contribution >= 0.6 is 0 Å². The van der Waals surface area contributed by atoms with Crippen molar-refractivity contribution in [2.24, 2.45) is 0 Å². The number of hydrogen-bond acceptors (Lipinski definition) is 16. The summed E-state index contributed by atoms with van der Waals surface area (Å²) >= 11 is 0. The third-order valence-electron chi connectivity index (χ3n) is 6.90. The lowest BCUT2D eigenvalue weighted by Gasteiger charge is -2.49. The predicted octanol–water partition coefficient (Wildman–Crippen LogP) is -7.29. The molecule has 0 aliphatic carbocycles. The Hall–Kier alpha value is -1.62. The van der Waals surface area contributed by atoms with Crippen LogP contribution < -0.4 is 10.6 Å². The van der Waals surface area contributed by atoms with Crippen LogP contribution in [-0.4, -0.2) is 170 Å². The molecule has 3 rings (SSSR count). The van der Waals surface area contributed by atoms with Crippen molar-refractivity contribution in [3.05, 3.63) is 0 Å². The molecule has 0 saturated carbocycles. The van der Waals surface area contributed by atoms with E-state index in [0.717, 1.165) is 13.8 Å². The van der Waals surface area contributed by atoms with Crippen LogP contribution in [0.4, 0.5) is 0 Å². The first-order valence-corrected chi connectivity index (χ1v) is 12.6. The summed E-state index contributed by atoms with van der Waals surface area (Å²) in [6.45, 7) is -0.140. The van der Waals surface area contributed by atoms with Crippen molar-refractivity contribution in [3.63, 3.8) is 0 Å². The van der Waals surface area contributed by atoms with Gasteiger partial charge in [-0.3, -0.25) is 9.59 Å². The van der Waals surface area contributed by atoms with Gasteiger partial charge in [0.05, 0.1) is 19.8 Å². The summed E-state index contributed by atoms with van der Waals surface area (Å²) in [7, 11) is 0. The van der Waals surface area contributed by atoms with Crippen molar-refractivity contribution in [1.82, 2.24) is 10.6 Å². The van der Waals surface area contributed by atoms with Gasteiger partial charge in [-0.2, -0.15) is 0 Å². The minimum absolute atomic E-state index is 0.647. The van der Waals surface area contributed by atoms with E-state index in [0.29, 0.717) is 0 Å². The fourth-order valence-electron chi connectivity index (χ4n) is 4.86. The topological polar surface area (TPSA) is 286 Å². The molecular weight excluding hydrogens is 548 g/mol. The maximum atomic E-state index is 12.1. The van der Waals surface area contributed by atoms with Gasteiger partial charge in [0.15, 0.2) is 18.9 Å². The molecule has 11 N–H and O–H groups in total. The van der Waals surface area contributed by atoms with Crippen LogP contribution in [-0.2, 0) is 33.3 Å². The summed E-state index contributed by atoms with van der Waals surface area (Å²) < 4.78 is 27.7. The molecule has 0 unspecified atom stereocenters. The molecule has 15 atom stereocenters. The molecule has 40 heavy (non-hydrogen) atoms. The van der Waals surface area contributed by atoms with E-state index < -0.39 is 124 Å². The minimum atomic E-state index is -1.89. The van der Waals surface area contributed by atoms with Crippen LogP contribution in [0.3, 0.4) is 0 Å². The number of amides is 2. The molecular formula is C22H38N2O16. The lowest BCUT2D eigenvalue weighted by Crippen LogP contribution is -2.70. The van der Waals surface area contributed by atoms with Crippen molar-refractivity contribution < 1.29 is 79.2 Å². The number of rotatable bonds is 9. The van der Waals surface area contributed by atoms with E-state index in [1.54, 1.807) is 0 Å². The SMILES string of the molecule is CC(=O)N[C@@H]1[C@@H](O[C@H]2O[C@H](CO)[C@H](O)[C@H](O[C@@H]3O[C@H](CO)[C@H](O)[C@H](O)[C@H]3O)[C@H]2NC(C)=O)[C@H](O)[C@@H](CO)O[C@@H]1O. The van der Waals surface area contributed by atoms with Gasteiger partial charge in [0.2, 0.25) is 11.8 Å². The third-order valence-corrected chi connectivity index (χ3v) is 6.90. The Kier molecular flexibility index (Phi) is 11.5. The van der Waals surface area contributed by atoms with Crippen LogP contribution in [0, 0.1) is 0 Å². The van der Waals surface area contributed by atoms with E-state index in [-0.39, 0.29) is 0 Å². The normalized spacial score (nSPS) is 46.0. The van der Waals surface area contributed by atoms with Crippen molar-refractivity contribution in [2.45, 2.75) is 106 Å². The Morgan fingerprint density at radius 3 is 1.55 bits per heavy atom. The molecule has 18 nitrogen and oxygen atoms in total. The Bertz CT molecular complexity index is 852. The highest BCUT2D eigenvalue weighted by Crippen LogP contribution is 2.32. The number of aliphatic hydroxyl groups excluding tert-OH is 9. The number of hydrogen-bond donors (Lipinski definition) is 11. The summed E-state index contributed by atoms with van der Waals surface area (Å²) in [5.74, 6) is -1.34. The first-order chi connectivity index (χ1) is 18.8. The van der Waals surface area contributed by atoms with Crippen LogP contribution in [0.25, 0.3) is 0 Å². The predicted molar refractivity (Wildman–Crippen MR) is 124 cm³/mol. The zero-order valence-electron chi connectivity index (χ0n) is 21.7. The molecule has 18 heteroatoms. The fourth-order valence-corrected chi connectivity index (χ4v) is 4.86. The second-order valence-electron chi connectivity index (χ2n) is 9.81. The standard InChI is InChI=1S/C22H38N2O16/c1-6(28)23-11-18(14(31)9(4-26)36-20(11)35)39-21-12(24-7(2)29)19(15(32)10(5-27)37-21)40-22-17(34)16(33)13(30)8(3-25)38-22/h8-22,25-27,30-35H,3-5H2,1-2H3,(H,23,28)(H,24,29)/t8-,9-,10-,11-,12-,13+,14-,15+,16+,17-,18-,19-,20+,21-,22+/m1/s1. The maximum Gasteiger partial charge on any atom is 0.217 e. The summed E-state index contributed by atoms with van der Waals surface area (Å²) in [5, 5.41) is 96.5. The van der Waals surface area contributed by atoms with E-state index in [4.69, 9.17) is 23.7 Å². The molecule has 0 aromatic rings. The van der Waals surface area contributed by atoms with Crippen LogP contribution in [0.5, 0.6) is 0 Å². The minimum Gasteiger partial charge on any atom is -0.394 e. The van der Waals surface area contributed by atoms with Crippen molar-refractivity contribution in [3.8, 4) is 0 Å². The molecule has 3 fully saturated rings. The monoisotopic (exact) mass is 586 g/mol. The highest BCUT2D eigenvalue weighted by Gasteiger charge is 2.54. The number of aliphatic hydroxyl groups is 9. The maximum absolute atomic E-state index is 12.1. The molecule has 0 spiro atoms. The zero-order valence-corrected chi connectivity index (χ0v) is 21.7. The van der Waals surface area contributed by atoms with E-state index in [9.17, 15) is 55.5 Å². The zero-order chi connectivity index (χ0) is 29.9. The van der Waals surface area contributed by atoms with E-state index in [2.05, 4.69) is 10.6 Å². The third kappa shape index (κ3) is 7.05. The van der Waals surface area contributed by atoms with Gasteiger partial charge < -0.3 is 80.3 Å². The molecule has 0 bridgehead atoms. The van der Waals surface area contributed by atoms with E-state index in [1.165, 1.54) is 0 Å². The average Bonchev–Trinajstić information content (AvgIpc) is 2.90. The molecule has 2 amide bonds. The number of carbonyl (C=O) groups is 2. The van der Waals surface area contributed by atoms with Gasteiger partial charge in [0, 0.05) is 13.8 Å². The highest BCUT2D eigenvalue weighted by molar-refractivity contribution is 5.73. The largest absolute Gasteiger partial charge is 0.394 e. The molecule has 3 saturated heterocycles. The lowest BCUT2D eigenvalue weighted by atomic mass is 9.94. The number of carbonyl (C=O) groups excluding carboxylic acids is 2. The smallest absolute Gasteiger partial charge is 0.217 e. The highest BCUT2D eigenvalue weighted by atomic mass is 16.7. The first-order valence-electron chi connectivity index (χ1n) is 12.6. The Labute approximate surface area is 228 Å². The van der Waals surface area contributed by atoms with Crippen molar-refractivity contribution in [2.75, 3.05) is 19.8 Å². The second-order valence-corrected chi connectivity index (χ2v) is 9.81. The van der Waals surface area contributed by atoms with Gasteiger partial charge >= 0.3 is 0 Å². The molecule has 3 aliphatic rings. The molecule has 0 radical (unpaired) electrons. The lowest BCUT2D eigenvalue weighted by molar-refractivity contribution is -0.356. The Balaban J connectivity index is 1.95. The second kappa shape index (κ2) is 14.0. The fraction of sp³-hybridized carbons (Fsp3) is 0.909. The first kappa shape index (κ1) is 32.9. The summed E-state index contributed by atoms with van der Waals surface area (Å²) in [5.41, 5.74) is 0. The molecule has 232 valence electrons. The van der Waals surface area contributed by atoms with Gasteiger partial charge in [-0.25, -0.2) is 0 Å².